The highest BCUT2D eigenvalue weighted by Gasteiger charge is 2.13. The molecule has 0 saturated carbocycles. The highest BCUT2D eigenvalue weighted by atomic mass is 16.2. The summed E-state index contributed by atoms with van der Waals surface area (Å²) in [4.78, 5) is 11.1. The summed E-state index contributed by atoms with van der Waals surface area (Å²) in [6, 6.07) is 19.8. The molecule has 0 unspecified atom stereocenters. The third kappa shape index (κ3) is 3.81. The Labute approximate surface area is 118 Å². The number of hydrazine groups is 2. The van der Waals surface area contributed by atoms with E-state index in [0.29, 0.717) is 6.54 Å². The summed E-state index contributed by atoms with van der Waals surface area (Å²) in [5.41, 5.74) is 9.74. The molecule has 0 heterocycles. The Hall–Kier alpha value is -2.37. The van der Waals surface area contributed by atoms with Crippen LogP contribution < -0.4 is 22.1 Å². The van der Waals surface area contributed by atoms with Crippen LogP contribution in [0.1, 0.15) is 17.0 Å². The lowest BCUT2D eigenvalue weighted by Crippen LogP contribution is -2.48. The van der Waals surface area contributed by atoms with E-state index in [-0.39, 0.29) is 5.92 Å². The molecule has 0 atom stereocenters. The minimum absolute atomic E-state index is 0.149. The molecular formula is C15H18N4O. The van der Waals surface area contributed by atoms with Crippen molar-refractivity contribution in [3.8, 4) is 0 Å². The molecule has 0 radical (unpaired) electrons. The molecule has 104 valence electrons. The number of carbonyl (C=O) groups excluding carboxylic acids is 1. The number of benzene rings is 2. The van der Waals surface area contributed by atoms with Crippen molar-refractivity contribution in [1.82, 2.24) is 16.3 Å². The van der Waals surface area contributed by atoms with Gasteiger partial charge in [-0.2, -0.15) is 0 Å². The lowest BCUT2D eigenvalue weighted by molar-refractivity contribution is 0.236. The van der Waals surface area contributed by atoms with Crippen LogP contribution in [-0.2, 0) is 0 Å². The number of rotatable bonds is 5. The second-order valence-electron chi connectivity index (χ2n) is 4.35. The third-order valence-corrected chi connectivity index (χ3v) is 3.04. The molecule has 0 saturated heterocycles. The summed E-state index contributed by atoms with van der Waals surface area (Å²) in [6.07, 6.45) is 0. The van der Waals surface area contributed by atoms with Gasteiger partial charge in [0.15, 0.2) is 0 Å². The molecule has 2 aromatic carbocycles. The quantitative estimate of drug-likeness (QED) is 0.377. The van der Waals surface area contributed by atoms with Crippen LogP contribution in [-0.4, -0.2) is 12.6 Å². The van der Waals surface area contributed by atoms with Gasteiger partial charge in [-0.05, 0) is 11.1 Å². The molecule has 0 bridgehead atoms. The molecule has 0 aliphatic heterocycles. The minimum Gasteiger partial charge on any atom is -0.275 e. The predicted octanol–water partition coefficient (Wildman–Crippen LogP) is 1.50. The van der Waals surface area contributed by atoms with Crippen LogP contribution in [0.4, 0.5) is 4.79 Å². The van der Waals surface area contributed by atoms with Crippen molar-refractivity contribution in [2.24, 2.45) is 5.84 Å². The molecule has 0 fully saturated rings. The fraction of sp³-hybridized carbons (Fsp3) is 0.133. The molecule has 5 N–H and O–H groups in total. The van der Waals surface area contributed by atoms with Crippen molar-refractivity contribution in [3.05, 3.63) is 71.8 Å². The van der Waals surface area contributed by atoms with Gasteiger partial charge in [0, 0.05) is 12.5 Å². The fourth-order valence-corrected chi connectivity index (χ4v) is 2.07. The Kier molecular flexibility index (Phi) is 5.11. The van der Waals surface area contributed by atoms with E-state index in [1.807, 2.05) is 41.8 Å². The summed E-state index contributed by atoms with van der Waals surface area (Å²) in [6.45, 7) is 0.571. The van der Waals surface area contributed by atoms with Gasteiger partial charge in [-0.25, -0.2) is 16.1 Å². The summed E-state index contributed by atoms with van der Waals surface area (Å²) >= 11 is 0. The fourth-order valence-electron chi connectivity index (χ4n) is 2.07. The summed E-state index contributed by atoms with van der Waals surface area (Å²) in [5.74, 6) is 5.16. The topological polar surface area (TPSA) is 79.2 Å². The molecule has 0 aliphatic carbocycles. The maximum absolute atomic E-state index is 11.1. The van der Waals surface area contributed by atoms with E-state index >= 15 is 0 Å². The van der Waals surface area contributed by atoms with Gasteiger partial charge in [-0.15, -0.1) is 0 Å². The Bertz CT molecular complexity index is 491. The van der Waals surface area contributed by atoms with Gasteiger partial charge in [-0.1, -0.05) is 60.7 Å². The number of urea groups is 1. The second kappa shape index (κ2) is 7.28. The largest absolute Gasteiger partial charge is 0.343 e. The van der Waals surface area contributed by atoms with Gasteiger partial charge in [0.1, 0.15) is 0 Å². The predicted molar refractivity (Wildman–Crippen MR) is 78.6 cm³/mol. The lowest BCUT2D eigenvalue weighted by atomic mass is 9.91. The molecule has 5 nitrogen and oxygen atoms in total. The first-order chi connectivity index (χ1) is 9.81. The van der Waals surface area contributed by atoms with Gasteiger partial charge in [0.05, 0.1) is 0 Å². The first-order valence-electron chi connectivity index (χ1n) is 6.40. The molecule has 5 heteroatoms. The van der Waals surface area contributed by atoms with E-state index in [0.717, 1.165) is 0 Å². The van der Waals surface area contributed by atoms with Gasteiger partial charge < -0.3 is 0 Å². The Morgan fingerprint density at radius 1 is 0.950 bits per heavy atom. The zero-order valence-electron chi connectivity index (χ0n) is 11.0. The van der Waals surface area contributed by atoms with Gasteiger partial charge in [0.25, 0.3) is 0 Å². The van der Waals surface area contributed by atoms with E-state index in [9.17, 15) is 4.79 Å². The van der Waals surface area contributed by atoms with Crippen molar-refractivity contribution >= 4 is 6.03 Å². The van der Waals surface area contributed by atoms with Gasteiger partial charge in [0.2, 0.25) is 0 Å². The van der Waals surface area contributed by atoms with Crippen LogP contribution >= 0.6 is 0 Å². The van der Waals surface area contributed by atoms with Crippen LogP contribution in [0.5, 0.6) is 0 Å². The van der Waals surface area contributed by atoms with Crippen LogP contribution in [0, 0.1) is 0 Å². The number of nitrogens with two attached hydrogens (primary N) is 1. The molecule has 2 rings (SSSR count). The third-order valence-electron chi connectivity index (χ3n) is 3.04. The Morgan fingerprint density at radius 3 is 1.90 bits per heavy atom. The van der Waals surface area contributed by atoms with Crippen molar-refractivity contribution in [2.45, 2.75) is 5.92 Å². The first-order valence-corrected chi connectivity index (χ1v) is 6.40. The standard InChI is InChI=1S/C15H18N4O/c16-18-15(20)19-17-11-14(12-7-3-1-4-8-12)13-9-5-2-6-10-13/h1-10,14,17H,11,16H2,(H2,18,19,20). The zero-order chi connectivity index (χ0) is 14.2. The summed E-state index contributed by atoms with van der Waals surface area (Å²) < 4.78 is 0. The monoisotopic (exact) mass is 270 g/mol. The van der Waals surface area contributed by atoms with E-state index in [4.69, 9.17) is 5.84 Å². The van der Waals surface area contributed by atoms with Crippen LogP contribution in [0.3, 0.4) is 0 Å². The van der Waals surface area contributed by atoms with Gasteiger partial charge in [-0.3, -0.25) is 10.9 Å². The molecule has 0 aliphatic rings. The zero-order valence-corrected chi connectivity index (χ0v) is 11.0. The normalized spacial score (nSPS) is 10.3. The summed E-state index contributed by atoms with van der Waals surface area (Å²) in [7, 11) is 0. The molecule has 0 aromatic heterocycles. The number of hydrogen-bond acceptors (Lipinski definition) is 3. The molecular weight excluding hydrogens is 252 g/mol. The van der Waals surface area contributed by atoms with Gasteiger partial charge >= 0.3 is 6.03 Å². The molecule has 2 amide bonds. The number of amides is 2. The van der Waals surface area contributed by atoms with E-state index in [1.165, 1.54) is 11.1 Å². The maximum Gasteiger partial charge on any atom is 0.343 e. The van der Waals surface area contributed by atoms with Crippen LogP contribution in [0.15, 0.2) is 60.7 Å². The van der Waals surface area contributed by atoms with Crippen molar-refractivity contribution < 1.29 is 4.79 Å². The van der Waals surface area contributed by atoms with E-state index in [2.05, 4.69) is 35.1 Å². The number of nitrogens with one attached hydrogen (secondary N) is 3. The average molecular weight is 270 g/mol. The van der Waals surface area contributed by atoms with E-state index in [1.54, 1.807) is 0 Å². The Morgan fingerprint density at radius 2 is 1.45 bits per heavy atom. The van der Waals surface area contributed by atoms with E-state index < -0.39 is 6.03 Å². The van der Waals surface area contributed by atoms with Crippen molar-refractivity contribution in [3.63, 3.8) is 0 Å². The summed E-state index contributed by atoms with van der Waals surface area (Å²) in [5, 5.41) is 0. The van der Waals surface area contributed by atoms with Crippen LogP contribution in [0.2, 0.25) is 0 Å². The smallest absolute Gasteiger partial charge is 0.275 e. The first kappa shape index (κ1) is 14.0. The maximum atomic E-state index is 11.1. The Balaban J connectivity index is 2.11. The highest BCUT2D eigenvalue weighted by Crippen LogP contribution is 2.23. The lowest BCUT2D eigenvalue weighted by Gasteiger charge is -2.19. The second-order valence-corrected chi connectivity index (χ2v) is 4.35. The molecule has 2 aromatic rings. The van der Waals surface area contributed by atoms with Crippen LogP contribution in [0.25, 0.3) is 0 Å². The highest BCUT2D eigenvalue weighted by molar-refractivity contribution is 5.72. The SMILES string of the molecule is NNC(=O)NNCC(c1ccccc1)c1ccccc1. The molecule has 0 spiro atoms. The van der Waals surface area contributed by atoms with Crippen molar-refractivity contribution in [1.29, 1.82) is 0 Å². The minimum atomic E-state index is -0.468. The van der Waals surface area contributed by atoms with Crippen molar-refractivity contribution in [2.75, 3.05) is 6.54 Å². The number of hydrogen-bond donors (Lipinski definition) is 4. The number of carbonyl (C=O) groups is 1. The molecule has 20 heavy (non-hydrogen) atoms. The average Bonchev–Trinajstić information content (AvgIpc) is 2.53.